The van der Waals surface area contributed by atoms with E-state index >= 15 is 0 Å². The van der Waals surface area contributed by atoms with E-state index in [-0.39, 0.29) is 12.8 Å². The highest BCUT2D eigenvalue weighted by Gasteiger charge is 2.44. The van der Waals surface area contributed by atoms with Gasteiger partial charge in [0.15, 0.2) is 0 Å². The van der Waals surface area contributed by atoms with Crippen LogP contribution in [0, 0.1) is 13.8 Å². The van der Waals surface area contributed by atoms with Crippen LogP contribution in [0.1, 0.15) is 43.0 Å². The van der Waals surface area contributed by atoms with E-state index in [1.54, 1.807) is 20.8 Å². The Labute approximate surface area is 165 Å². The number of carboxylic acid groups (broad SMARTS) is 1. The summed E-state index contributed by atoms with van der Waals surface area (Å²) in [5.74, 6) is -1.07. The maximum Gasteiger partial charge on any atom is 0.408 e. The summed E-state index contributed by atoms with van der Waals surface area (Å²) in [6, 6.07) is 11.8. The molecule has 148 valence electrons. The monoisotopic (exact) mass is 381 g/mol. The first-order valence-electron chi connectivity index (χ1n) is 9.44. The van der Waals surface area contributed by atoms with Crippen LogP contribution in [0.3, 0.4) is 0 Å². The zero-order valence-corrected chi connectivity index (χ0v) is 17.1. The fourth-order valence-corrected chi connectivity index (χ4v) is 3.97. The minimum atomic E-state index is -1.48. The van der Waals surface area contributed by atoms with Crippen molar-refractivity contribution in [3.05, 3.63) is 58.7 Å². The molecule has 2 N–H and O–H groups in total. The minimum Gasteiger partial charge on any atom is -0.479 e. The van der Waals surface area contributed by atoms with Gasteiger partial charge in [0.25, 0.3) is 0 Å². The smallest absolute Gasteiger partial charge is 0.408 e. The maximum atomic E-state index is 12.5. The number of fused-ring (bicyclic) bond motifs is 3. The van der Waals surface area contributed by atoms with Gasteiger partial charge in [-0.15, -0.1) is 0 Å². The molecule has 0 fully saturated rings. The summed E-state index contributed by atoms with van der Waals surface area (Å²) in [6.45, 7) is 9.33. The summed E-state index contributed by atoms with van der Waals surface area (Å²) in [4.78, 5) is 25.0. The van der Waals surface area contributed by atoms with Gasteiger partial charge in [-0.25, -0.2) is 9.59 Å². The van der Waals surface area contributed by atoms with Crippen molar-refractivity contribution in [2.75, 3.05) is 0 Å². The summed E-state index contributed by atoms with van der Waals surface area (Å²) in [6.07, 6.45) is -0.348. The number of carbonyl (C=O) groups excluding carboxylic acids is 1. The third-order valence-electron chi connectivity index (χ3n) is 5.10. The molecular weight excluding hydrogens is 354 g/mol. The molecule has 2 aromatic rings. The van der Waals surface area contributed by atoms with Crippen LogP contribution >= 0.6 is 0 Å². The molecule has 2 aromatic carbocycles. The van der Waals surface area contributed by atoms with Crippen molar-refractivity contribution >= 4 is 12.1 Å². The van der Waals surface area contributed by atoms with Gasteiger partial charge >= 0.3 is 12.1 Å². The predicted molar refractivity (Wildman–Crippen MR) is 108 cm³/mol. The molecule has 0 saturated carbocycles. The molecule has 0 saturated heterocycles. The summed E-state index contributed by atoms with van der Waals surface area (Å²) in [5.41, 5.74) is 3.92. The number of carboxylic acids is 1. The first-order chi connectivity index (χ1) is 13.0. The quantitative estimate of drug-likeness (QED) is 0.808. The van der Waals surface area contributed by atoms with E-state index in [4.69, 9.17) is 4.74 Å². The van der Waals surface area contributed by atoms with E-state index in [0.29, 0.717) is 0 Å². The fraction of sp³-hybridized carbons (Fsp3) is 0.391. The molecule has 1 aliphatic rings. The Bertz CT molecular complexity index is 887. The first-order valence-corrected chi connectivity index (χ1v) is 9.44. The molecule has 1 amide bonds. The normalized spacial score (nSPS) is 15.0. The van der Waals surface area contributed by atoms with Gasteiger partial charge in [-0.05, 0) is 68.0 Å². The highest BCUT2D eigenvalue weighted by molar-refractivity contribution is 5.88. The molecule has 1 aliphatic carbocycles. The third-order valence-corrected chi connectivity index (χ3v) is 5.10. The lowest BCUT2D eigenvalue weighted by molar-refractivity contribution is -0.144. The second kappa shape index (κ2) is 6.97. The van der Waals surface area contributed by atoms with Crippen LogP contribution in [0.5, 0.6) is 0 Å². The fourth-order valence-electron chi connectivity index (χ4n) is 3.97. The van der Waals surface area contributed by atoms with E-state index in [1.165, 1.54) is 0 Å². The Kier molecular flexibility index (Phi) is 4.96. The molecular formula is C23H27NO4. The van der Waals surface area contributed by atoms with Crippen molar-refractivity contribution in [1.82, 2.24) is 5.32 Å². The van der Waals surface area contributed by atoms with E-state index in [0.717, 1.165) is 33.4 Å². The number of hydrogen-bond acceptors (Lipinski definition) is 3. The molecule has 5 heteroatoms. The minimum absolute atomic E-state index is 0.187. The van der Waals surface area contributed by atoms with Crippen LogP contribution in [0.4, 0.5) is 4.79 Å². The summed E-state index contributed by atoms with van der Waals surface area (Å²) in [5, 5.41) is 12.9. The molecule has 0 radical (unpaired) electrons. The van der Waals surface area contributed by atoms with Crippen LogP contribution in [0.25, 0.3) is 11.1 Å². The maximum absolute atomic E-state index is 12.5. The van der Waals surface area contributed by atoms with Crippen molar-refractivity contribution < 1.29 is 19.4 Å². The third kappa shape index (κ3) is 3.75. The van der Waals surface area contributed by atoms with Crippen molar-refractivity contribution in [3.8, 4) is 11.1 Å². The average Bonchev–Trinajstić information content (AvgIpc) is 2.69. The highest BCUT2D eigenvalue weighted by atomic mass is 16.6. The van der Waals surface area contributed by atoms with Crippen molar-refractivity contribution in [3.63, 3.8) is 0 Å². The van der Waals surface area contributed by atoms with Gasteiger partial charge in [0.2, 0.25) is 0 Å². The SMILES string of the molecule is Cc1cccc2c1-c1c(C)cccc1CC(NC(=O)OC(C)(C)C)(C(=O)O)C2. The second-order valence-electron chi connectivity index (χ2n) is 8.59. The first kappa shape index (κ1) is 19.9. The van der Waals surface area contributed by atoms with Gasteiger partial charge in [-0.2, -0.15) is 0 Å². The number of amides is 1. The molecule has 0 bridgehead atoms. The topological polar surface area (TPSA) is 75.6 Å². The van der Waals surface area contributed by atoms with E-state index < -0.39 is 23.2 Å². The standard InChI is InChI=1S/C23H27NO4/c1-14-8-6-10-16-12-23(20(25)26,24-21(27)28-22(3,4)5)13-17-11-7-9-15(2)19(17)18(14)16/h6-11H,12-13H2,1-5H3,(H,24,27)(H,25,26). The molecule has 3 rings (SSSR count). The van der Waals surface area contributed by atoms with Crippen molar-refractivity contribution in [2.24, 2.45) is 0 Å². The lowest BCUT2D eigenvalue weighted by Gasteiger charge is -2.31. The Morgan fingerprint density at radius 3 is 1.82 bits per heavy atom. The number of aliphatic carboxylic acids is 1. The van der Waals surface area contributed by atoms with Crippen LogP contribution in [-0.4, -0.2) is 28.3 Å². The zero-order valence-electron chi connectivity index (χ0n) is 17.1. The van der Waals surface area contributed by atoms with Gasteiger partial charge in [0.1, 0.15) is 11.1 Å². The van der Waals surface area contributed by atoms with Gasteiger partial charge in [-0.1, -0.05) is 36.4 Å². The van der Waals surface area contributed by atoms with Crippen LogP contribution in [0.15, 0.2) is 36.4 Å². The Hall–Kier alpha value is -2.82. The average molecular weight is 381 g/mol. The highest BCUT2D eigenvalue weighted by Crippen LogP contribution is 2.40. The number of nitrogens with one attached hydrogen (secondary N) is 1. The van der Waals surface area contributed by atoms with Crippen LogP contribution < -0.4 is 5.32 Å². The molecule has 5 nitrogen and oxygen atoms in total. The van der Waals surface area contributed by atoms with E-state index in [1.807, 2.05) is 50.2 Å². The lowest BCUT2D eigenvalue weighted by atomic mass is 9.86. The number of alkyl carbamates (subject to hydrolysis) is 1. The summed E-state index contributed by atoms with van der Waals surface area (Å²) >= 11 is 0. The zero-order chi connectivity index (χ0) is 20.7. The molecule has 0 atom stereocenters. The van der Waals surface area contributed by atoms with Gasteiger partial charge in [-0.3, -0.25) is 0 Å². The number of benzene rings is 2. The lowest BCUT2D eigenvalue weighted by Crippen LogP contribution is -2.58. The Balaban J connectivity index is 2.17. The Morgan fingerprint density at radius 2 is 1.43 bits per heavy atom. The van der Waals surface area contributed by atoms with Crippen LogP contribution in [-0.2, 0) is 22.4 Å². The summed E-state index contributed by atoms with van der Waals surface area (Å²) < 4.78 is 5.37. The molecule has 0 unspecified atom stereocenters. The van der Waals surface area contributed by atoms with Crippen LogP contribution in [0.2, 0.25) is 0 Å². The number of aryl methyl sites for hydroxylation is 2. The molecule has 0 aliphatic heterocycles. The second-order valence-corrected chi connectivity index (χ2v) is 8.59. The molecule has 0 spiro atoms. The summed E-state index contributed by atoms with van der Waals surface area (Å²) in [7, 11) is 0. The molecule has 28 heavy (non-hydrogen) atoms. The van der Waals surface area contributed by atoms with Crippen molar-refractivity contribution in [1.29, 1.82) is 0 Å². The largest absolute Gasteiger partial charge is 0.479 e. The number of carbonyl (C=O) groups is 2. The molecule has 0 aromatic heterocycles. The van der Waals surface area contributed by atoms with Gasteiger partial charge in [0.05, 0.1) is 0 Å². The number of ether oxygens (including phenoxy) is 1. The van der Waals surface area contributed by atoms with E-state index in [2.05, 4.69) is 5.32 Å². The number of rotatable bonds is 2. The molecule has 0 heterocycles. The predicted octanol–water partition coefficient (Wildman–Crippen LogP) is 4.42. The van der Waals surface area contributed by atoms with Gasteiger partial charge < -0.3 is 15.2 Å². The number of hydrogen-bond donors (Lipinski definition) is 2. The van der Waals surface area contributed by atoms with Gasteiger partial charge in [0, 0.05) is 12.8 Å². The Morgan fingerprint density at radius 1 is 0.964 bits per heavy atom. The van der Waals surface area contributed by atoms with E-state index in [9.17, 15) is 14.7 Å². The van der Waals surface area contributed by atoms with Crippen molar-refractivity contribution in [2.45, 2.75) is 58.6 Å².